The van der Waals surface area contributed by atoms with Crippen LogP contribution in [0.15, 0.2) is 6.33 Å². The Morgan fingerprint density at radius 2 is 2.38 bits per heavy atom. The normalized spacial score (nSPS) is 11.2. The minimum absolute atomic E-state index is 0.133. The summed E-state index contributed by atoms with van der Waals surface area (Å²) in [5, 5.41) is 8.07. The van der Waals surface area contributed by atoms with Gasteiger partial charge in [-0.1, -0.05) is 0 Å². The van der Waals surface area contributed by atoms with Gasteiger partial charge in [0.15, 0.2) is 9.84 Å². The van der Waals surface area contributed by atoms with Crippen molar-refractivity contribution in [2.75, 3.05) is 17.3 Å². The topological polar surface area (TPSA) is 105 Å². The molecule has 13 heavy (non-hydrogen) atoms. The molecule has 0 atom stereocenters. The lowest BCUT2D eigenvalue weighted by Gasteiger charge is -1.98. The zero-order valence-electron chi connectivity index (χ0n) is 6.81. The van der Waals surface area contributed by atoms with Gasteiger partial charge in [0.1, 0.15) is 12.1 Å². The Bertz CT molecular complexity index is 382. The molecule has 1 aromatic rings. The Balaban J connectivity index is 2.53. The summed E-state index contributed by atoms with van der Waals surface area (Å²) in [7, 11) is -3.30. The maximum Gasteiger partial charge on any atom is 0.241 e. The molecule has 0 saturated carbocycles. The number of aromatic nitrogens is 3. The molecule has 0 aliphatic heterocycles. The fourth-order valence-electron chi connectivity index (χ4n) is 0.672. The molecule has 1 aromatic heterocycles. The maximum absolute atomic E-state index is 10.9. The van der Waals surface area contributed by atoms with Gasteiger partial charge in [-0.3, -0.25) is 10.1 Å². The van der Waals surface area contributed by atoms with Crippen LogP contribution in [0.4, 0.5) is 5.95 Å². The van der Waals surface area contributed by atoms with Gasteiger partial charge in [-0.25, -0.2) is 13.5 Å². The van der Waals surface area contributed by atoms with Crippen LogP contribution in [0.5, 0.6) is 0 Å². The molecule has 1 rings (SSSR count). The molecule has 0 aliphatic carbocycles. The van der Waals surface area contributed by atoms with Crippen molar-refractivity contribution in [3.63, 3.8) is 0 Å². The van der Waals surface area contributed by atoms with Crippen LogP contribution in [-0.2, 0) is 14.6 Å². The largest absolute Gasteiger partial charge is 0.294 e. The van der Waals surface area contributed by atoms with E-state index in [1.807, 2.05) is 0 Å². The molecule has 1 amide bonds. The lowest BCUT2D eigenvalue weighted by atomic mass is 10.7. The summed E-state index contributed by atoms with van der Waals surface area (Å²) in [6.07, 6.45) is 2.18. The van der Waals surface area contributed by atoms with Crippen LogP contribution in [-0.4, -0.2) is 41.5 Å². The number of nitrogens with zero attached hydrogens (tertiary/aromatic N) is 2. The Kier molecular flexibility index (Phi) is 2.61. The molecular weight excluding hydrogens is 196 g/mol. The molecule has 8 heteroatoms. The van der Waals surface area contributed by atoms with Gasteiger partial charge in [-0.05, 0) is 0 Å². The average Bonchev–Trinajstić information content (AvgIpc) is 2.34. The standard InChI is InChI=1S/C5H8N4O3S/c1-13(11,12)2-4(10)8-5-6-3-7-9-5/h3H,2H2,1H3,(H2,6,7,8,9,10). The predicted molar refractivity (Wildman–Crippen MR) is 44.7 cm³/mol. The molecule has 7 nitrogen and oxygen atoms in total. The van der Waals surface area contributed by atoms with Crippen LogP contribution in [0.3, 0.4) is 0 Å². The summed E-state index contributed by atoms with van der Waals surface area (Å²) in [6, 6.07) is 0. The van der Waals surface area contributed by atoms with Gasteiger partial charge in [0, 0.05) is 6.26 Å². The number of carbonyl (C=O) groups excluding carboxylic acids is 1. The van der Waals surface area contributed by atoms with E-state index in [2.05, 4.69) is 20.5 Å². The summed E-state index contributed by atoms with van der Waals surface area (Å²) >= 11 is 0. The van der Waals surface area contributed by atoms with E-state index in [1.54, 1.807) is 0 Å². The molecule has 2 N–H and O–H groups in total. The maximum atomic E-state index is 10.9. The fraction of sp³-hybridized carbons (Fsp3) is 0.400. The van der Waals surface area contributed by atoms with Crippen molar-refractivity contribution in [1.82, 2.24) is 15.2 Å². The van der Waals surface area contributed by atoms with E-state index in [1.165, 1.54) is 6.33 Å². The second-order valence-corrected chi connectivity index (χ2v) is 4.59. The summed E-state index contributed by atoms with van der Waals surface area (Å²) < 4.78 is 21.3. The predicted octanol–water partition coefficient (Wildman–Crippen LogP) is -1.21. The van der Waals surface area contributed by atoms with Gasteiger partial charge in [-0.2, -0.15) is 10.1 Å². The minimum atomic E-state index is -3.30. The second kappa shape index (κ2) is 3.52. The van der Waals surface area contributed by atoms with Gasteiger partial charge >= 0.3 is 0 Å². The number of carbonyl (C=O) groups is 1. The number of aromatic amines is 1. The third-order valence-electron chi connectivity index (χ3n) is 1.07. The first-order valence-electron chi connectivity index (χ1n) is 3.30. The van der Waals surface area contributed by atoms with Crippen molar-refractivity contribution >= 4 is 21.7 Å². The second-order valence-electron chi connectivity index (χ2n) is 2.45. The Hall–Kier alpha value is -1.44. The number of hydrogen-bond donors (Lipinski definition) is 2. The van der Waals surface area contributed by atoms with Crippen molar-refractivity contribution in [1.29, 1.82) is 0 Å². The number of sulfone groups is 1. The number of nitrogens with one attached hydrogen (secondary N) is 2. The number of hydrogen-bond acceptors (Lipinski definition) is 5. The first-order chi connectivity index (χ1) is 5.97. The Morgan fingerprint density at radius 3 is 2.85 bits per heavy atom. The minimum Gasteiger partial charge on any atom is -0.294 e. The SMILES string of the molecule is CS(=O)(=O)CC(=O)Nc1ncn[nH]1. The van der Waals surface area contributed by atoms with E-state index in [9.17, 15) is 13.2 Å². The van der Waals surface area contributed by atoms with Crippen molar-refractivity contribution in [2.45, 2.75) is 0 Å². The highest BCUT2D eigenvalue weighted by Crippen LogP contribution is 1.93. The molecule has 0 saturated heterocycles. The molecular formula is C5H8N4O3S. The van der Waals surface area contributed by atoms with E-state index in [0.717, 1.165) is 6.26 Å². The van der Waals surface area contributed by atoms with Gasteiger partial charge < -0.3 is 0 Å². The fourth-order valence-corrected chi connectivity index (χ4v) is 1.22. The number of rotatable bonds is 3. The smallest absolute Gasteiger partial charge is 0.241 e. The van der Waals surface area contributed by atoms with Crippen LogP contribution in [0.1, 0.15) is 0 Å². The van der Waals surface area contributed by atoms with Gasteiger partial charge in [0.05, 0.1) is 0 Å². The highest BCUT2D eigenvalue weighted by molar-refractivity contribution is 7.91. The molecule has 0 radical (unpaired) electrons. The van der Waals surface area contributed by atoms with E-state index < -0.39 is 21.5 Å². The first-order valence-corrected chi connectivity index (χ1v) is 5.36. The first kappa shape index (κ1) is 9.65. The Labute approximate surface area is 74.5 Å². The highest BCUT2D eigenvalue weighted by atomic mass is 32.2. The highest BCUT2D eigenvalue weighted by Gasteiger charge is 2.11. The average molecular weight is 204 g/mol. The number of H-pyrrole nitrogens is 1. The lowest BCUT2D eigenvalue weighted by molar-refractivity contribution is -0.113. The molecule has 1 heterocycles. The molecule has 0 fully saturated rings. The van der Waals surface area contributed by atoms with Gasteiger partial charge in [-0.15, -0.1) is 0 Å². The van der Waals surface area contributed by atoms with E-state index in [0.29, 0.717) is 0 Å². The van der Waals surface area contributed by atoms with Crippen LogP contribution in [0, 0.1) is 0 Å². The molecule has 0 aromatic carbocycles. The van der Waals surface area contributed by atoms with E-state index in [4.69, 9.17) is 0 Å². The van der Waals surface area contributed by atoms with Crippen LogP contribution < -0.4 is 5.32 Å². The van der Waals surface area contributed by atoms with Crippen LogP contribution >= 0.6 is 0 Å². The summed E-state index contributed by atoms with van der Waals surface area (Å²) in [5.41, 5.74) is 0. The van der Waals surface area contributed by atoms with Gasteiger partial charge in [0.25, 0.3) is 0 Å². The number of anilines is 1. The third-order valence-corrected chi connectivity index (χ3v) is 1.85. The molecule has 0 unspecified atom stereocenters. The van der Waals surface area contributed by atoms with E-state index >= 15 is 0 Å². The summed E-state index contributed by atoms with van der Waals surface area (Å²) in [5.74, 6) is -1.07. The van der Waals surface area contributed by atoms with Crippen LogP contribution in [0.2, 0.25) is 0 Å². The molecule has 0 spiro atoms. The van der Waals surface area contributed by atoms with Gasteiger partial charge in [0.2, 0.25) is 11.9 Å². The van der Waals surface area contributed by atoms with Crippen LogP contribution in [0.25, 0.3) is 0 Å². The van der Waals surface area contributed by atoms with Crippen molar-refractivity contribution < 1.29 is 13.2 Å². The van der Waals surface area contributed by atoms with Crippen molar-refractivity contribution in [2.24, 2.45) is 0 Å². The van der Waals surface area contributed by atoms with E-state index in [-0.39, 0.29) is 5.95 Å². The summed E-state index contributed by atoms with van der Waals surface area (Å²) in [4.78, 5) is 14.5. The lowest BCUT2D eigenvalue weighted by Crippen LogP contribution is -2.22. The zero-order valence-corrected chi connectivity index (χ0v) is 7.63. The molecule has 72 valence electrons. The van der Waals surface area contributed by atoms with Crippen molar-refractivity contribution in [3.8, 4) is 0 Å². The quantitative estimate of drug-likeness (QED) is 0.642. The zero-order chi connectivity index (χ0) is 9.90. The monoisotopic (exact) mass is 204 g/mol. The summed E-state index contributed by atoms with van der Waals surface area (Å²) in [6.45, 7) is 0. The Morgan fingerprint density at radius 1 is 1.69 bits per heavy atom. The molecule has 0 bridgehead atoms. The molecule has 0 aliphatic rings. The van der Waals surface area contributed by atoms with Crippen molar-refractivity contribution in [3.05, 3.63) is 6.33 Å². The third kappa shape index (κ3) is 3.65. The number of amides is 1.